The normalized spacial score (nSPS) is 29.2. The van der Waals surface area contributed by atoms with Crippen LogP contribution >= 0.6 is 0 Å². The number of amides is 2. The van der Waals surface area contributed by atoms with Crippen molar-refractivity contribution in [2.24, 2.45) is 0 Å². The van der Waals surface area contributed by atoms with Crippen LogP contribution in [0.1, 0.15) is 55.9 Å². The van der Waals surface area contributed by atoms with Crippen molar-refractivity contribution >= 4 is 27.3 Å². The van der Waals surface area contributed by atoms with E-state index < -0.39 is 15.1 Å². The third-order valence-electron chi connectivity index (χ3n) is 7.21. The first-order valence-electron chi connectivity index (χ1n) is 11.6. The second kappa shape index (κ2) is 9.35. The molecular formula is C22H33N5O4S. The summed E-state index contributed by atoms with van der Waals surface area (Å²) in [6, 6.07) is 3.43. The molecule has 3 heterocycles. The number of nitrogens with one attached hydrogen (secondary N) is 3. The second-order valence-electron chi connectivity index (χ2n) is 9.04. The van der Waals surface area contributed by atoms with Crippen molar-refractivity contribution in [1.29, 1.82) is 0 Å². The molecule has 1 aromatic heterocycles. The number of carbonyl (C=O) groups excluding carboxylic acids is 2. The van der Waals surface area contributed by atoms with E-state index in [1.165, 1.54) is 0 Å². The summed E-state index contributed by atoms with van der Waals surface area (Å²) in [6.07, 6.45) is 5.47. The number of sulfone groups is 1. The topological polar surface area (TPSA) is 120 Å². The van der Waals surface area contributed by atoms with Crippen LogP contribution in [0.15, 0.2) is 18.3 Å². The van der Waals surface area contributed by atoms with E-state index in [0.717, 1.165) is 18.5 Å². The summed E-state index contributed by atoms with van der Waals surface area (Å²) < 4.78 is 26.8. The zero-order valence-corrected chi connectivity index (χ0v) is 19.5. The fourth-order valence-corrected chi connectivity index (χ4v) is 7.61. The molecule has 0 bridgehead atoms. The molecule has 2 aliphatic heterocycles. The summed E-state index contributed by atoms with van der Waals surface area (Å²) in [5, 5.41) is 8.26. The molecule has 4 unspecified atom stereocenters. The van der Waals surface area contributed by atoms with E-state index in [1.54, 1.807) is 19.3 Å². The van der Waals surface area contributed by atoms with E-state index in [-0.39, 0.29) is 35.2 Å². The van der Waals surface area contributed by atoms with Gasteiger partial charge in [0.15, 0.2) is 9.84 Å². The van der Waals surface area contributed by atoms with Gasteiger partial charge in [0, 0.05) is 32.2 Å². The predicted octanol–water partition coefficient (Wildman–Crippen LogP) is 0.613. The monoisotopic (exact) mass is 463 g/mol. The second-order valence-corrected chi connectivity index (χ2v) is 11.6. The van der Waals surface area contributed by atoms with Crippen molar-refractivity contribution < 1.29 is 18.0 Å². The highest BCUT2D eigenvalue weighted by atomic mass is 32.2. The Morgan fingerprint density at radius 1 is 1.16 bits per heavy atom. The number of fused-ring (bicyclic) bond motifs is 1. The van der Waals surface area contributed by atoms with Crippen LogP contribution in [0.25, 0.3) is 0 Å². The van der Waals surface area contributed by atoms with Gasteiger partial charge in [-0.1, -0.05) is 6.92 Å². The zero-order chi connectivity index (χ0) is 22.9. The Balaban J connectivity index is 1.35. The lowest BCUT2D eigenvalue weighted by Crippen LogP contribution is -2.66. The summed E-state index contributed by atoms with van der Waals surface area (Å²) in [7, 11) is -1.71. The molecule has 2 amide bonds. The molecule has 3 fully saturated rings. The van der Waals surface area contributed by atoms with E-state index in [1.807, 2.05) is 13.0 Å². The number of rotatable bonds is 5. The molecule has 9 nitrogen and oxygen atoms in total. The van der Waals surface area contributed by atoms with Crippen LogP contribution in [-0.2, 0) is 14.6 Å². The third-order valence-corrected chi connectivity index (χ3v) is 9.97. The lowest BCUT2D eigenvalue weighted by atomic mass is 9.87. The van der Waals surface area contributed by atoms with E-state index >= 15 is 0 Å². The van der Waals surface area contributed by atoms with Crippen LogP contribution in [0.2, 0.25) is 0 Å². The fraction of sp³-hybridized carbons (Fsp3) is 0.682. The highest BCUT2D eigenvalue weighted by Gasteiger charge is 2.44. The summed E-state index contributed by atoms with van der Waals surface area (Å²) in [4.78, 5) is 30.2. The number of piperidine rings is 1. The first-order valence-corrected chi connectivity index (χ1v) is 13.2. The number of hydrogen-bond acceptors (Lipinski definition) is 7. The van der Waals surface area contributed by atoms with Crippen molar-refractivity contribution in [2.45, 2.75) is 74.1 Å². The Labute approximate surface area is 189 Å². The van der Waals surface area contributed by atoms with Gasteiger partial charge in [-0.3, -0.25) is 9.59 Å². The minimum absolute atomic E-state index is 0.0175. The largest absolute Gasteiger partial charge is 0.370 e. The lowest BCUT2D eigenvalue weighted by molar-refractivity contribution is -0.126. The van der Waals surface area contributed by atoms with Gasteiger partial charge < -0.3 is 20.9 Å². The van der Waals surface area contributed by atoms with E-state index in [9.17, 15) is 18.0 Å². The molecule has 4 rings (SSSR count). The molecule has 1 aromatic rings. The molecule has 3 N–H and O–H groups in total. The minimum atomic E-state index is -3.27. The van der Waals surface area contributed by atoms with Gasteiger partial charge in [0.2, 0.25) is 5.91 Å². The predicted molar refractivity (Wildman–Crippen MR) is 122 cm³/mol. The first kappa shape index (κ1) is 23.0. The number of piperazine rings is 1. The number of pyridine rings is 1. The van der Waals surface area contributed by atoms with Crippen LogP contribution in [0, 0.1) is 0 Å². The van der Waals surface area contributed by atoms with Crippen molar-refractivity contribution in [3.63, 3.8) is 0 Å². The van der Waals surface area contributed by atoms with Crippen LogP contribution in [-0.4, -0.2) is 74.0 Å². The molecule has 10 heteroatoms. The van der Waals surface area contributed by atoms with Gasteiger partial charge >= 0.3 is 0 Å². The number of nitrogens with zero attached hydrogens (tertiary/aromatic N) is 2. The average Bonchev–Trinajstić information content (AvgIpc) is 2.82. The van der Waals surface area contributed by atoms with Crippen LogP contribution < -0.4 is 20.9 Å². The average molecular weight is 464 g/mol. The summed E-state index contributed by atoms with van der Waals surface area (Å²) in [5.74, 6) is -0.248. The standard InChI is InChI=1S/C22H33N5O4S/c1-3-17-22(29)26-20-12-16(5-7-18(20)25-17)32(30,31)15-8-10-27(11-9-15)14-4-6-19(24-13-14)21(28)23-2/h4,6,13,15-18,20,25H,3,5,7-12H2,1-2H3,(H,23,28)(H,26,29). The van der Waals surface area contributed by atoms with Crippen molar-refractivity contribution in [3.8, 4) is 0 Å². The van der Waals surface area contributed by atoms with E-state index in [0.29, 0.717) is 44.5 Å². The van der Waals surface area contributed by atoms with Gasteiger partial charge in [0.05, 0.1) is 28.4 Å². The fourth-order valence-electron chi connectivity index (χ4n) is 5.26. The van der Waals surface area contributed by atoms with Gasteiger partial charge in [-0.15, -0.1) is 0 Å². The maximum atomic E-state index is 13.4. The summed E-state index contributed by atoms with van der Waals surface area (Å²) >= 11 is 0. The van der Waals surface area contributed by atoms with Crippen LogP contribution in [0.5, 0.6) is 0 Å². The van der Waals surface area contributed by atoms with Crippen molar-refractivity contribution in [2.75, 3.05) is 25.0 Å². The third kappa shape index (κ3) is 4.47. The molecule has 2 saturated heterocycles. The Kier molecular flexibility index (Phi) is 6.71. The number of hydrogen-bond donors (Lipinski definition) is 3. The number of aromatic nitrogens is 1. The Morgan fingerprint density at radius 3 is 2.53 bits per heavy atom. The van der Waals surface area contributed by atoms with Crippen molar-refractivity contribution in [3.05, 3.63) is 24.0 Å². The summed E-state index contributed by atoms with van der Waals surface area (Å²) in [5.41, 5.74) is 1.26. The lowest BCUT2D eigenvalue weighted by Gasteiger charge is -2.43. The molecule has 176 valence electrons. The summed E-state index contributed by atoms with van der Waals surface area (Å²) in [6.45, 7) is 3.26. The maximum Gasteiger partial charge on any atom is 0.269 e. The van der Waals surface area contributed by atoms with Gasteiger partial charge in [0.25, 0.3) is 5.91 Å². The SMILES string of the molecule is CCC1NC2CCC(S(=O)(=O)C3CCN(c4ccc(C(=O)NC)nc4)CC3)CC2NC1=O. The molecule has 0 spiro atoms. The first-order chi connectivity index (χ1) is 15.3. The molecule has 4 atom stereocenters. The highest BCUT2D eigenvalue weighted by molar-refractivity contribution is 7.92. The molecule has 0 aromatic carbocycles. The number of anilines is 1. The van der Waals surface area contributed by atoms with Crippen LogP contribution in [0.4, 0.5) is 5.69 Å². The molecule has 32 heavy (non-hydrogen) atoms. The van der Waals surface area contributed by atoms with Gasteiger partial charge in [-0.2, -0.15) is 0 Å². The van der Waals surface area contributed by atoms with Crippen LogP contribution in [0.3, 0.4) is 0 Å². The minimum Gasteiger partial charge on any atom is -0.370 e. The molecule has 0 radical (unpaired) electrons. The molecule has 3 aliphatic rings. The van der Waals surface area contributed by atoms with E-state index in [4.69, 9.17) is 0 Å². The Bertz CT molecular complexity index is 944. The zero-order valence-electron chi connectivity index (χ0n) is 18.7. The Morgan fingerprint density at radius 2 is 1.91 bits per heavy atom. The highest BCUT2D eigenvalue weighted by Crippen LogP contribution is 2.33. The van der Waals surface area contributed by atoms with Gasteiger partial charge in [-0.25, -0.2) is 13.4 Å². The van der Waals surface area contributed by atoms with E-state index in [2.05, 4.69) is 25.8 Å². The smallest absolute Gasteiger partial charge is 0.269 e. The maximum absolute atomic E-state index is 13.4. The van der Waals surface area contributed by atoms with Gasteiger partial charge in [-0.05, 0) is 50.7 Å². The molecule has 1 aliphatic carbocycles. The number of carbonyl (C=O) groups is 2. The molecular weight excluding hydrogens is 430 g/mol. The quantitative estimate of drug-likeness (QED) is 0.585. The van der Waals surface area contributed by atoms with Crippen molar-refractivity contribution in [1.82, 2.24) is 20.9 Å². The Hall–Kier alpha value is -2.20. The van der Waals surface area contributed by atoms with Gasteiger partial charge in [0.1, 0.15) is 5.69 Å². The molecule has 1 saturated carbocycles.